The number of nitrogens with one attached hydrogen (secondary N) is 2. The summed E-state index contributed by atoms with van der Waals surface area (Å²) in [5.74, 6) is 0.859. The normalized spacial score (nSPS) is 14.3. The van der Waals surface area contributed by atoms with Gasteiger partial charge in [0.25, 0.3) is 0 Å². The summed E-state index contributed by atoms with van der Waals surface area (Å²) in [6.45, 7) is 0. The first-order chi connectivity index (χ1) is 13.2. The van der Waals surface area contributed by atoms with E-state index in [9.17, 15) is 0 Å². The van der Waals surface area contributed by atoms with E-state index in [-0.39, 0.29) is 0 Å². The van der Waals surface area contributed by atoms with Crippen molar-refractivity contribution in [2.75, 3.05) is 5.32 Å². The summed E-state index contributed by atoms with van der Waals surface area (Å²) in [5, 5.41) is 4.20. The largest absolute Gasteiger partial charge is 0.353 e. The van der Waals surface area contributed by atoms with Crippen LogP contribution in [-0.4, -0.2) is 21.0 Å². The van der Waals surface area contributed by atoms with Crippen LogP contribution in [0.25, 0.3) is 33.4 Å². The number of pyridine rings is 1. The SMILES string of the molecule is Clc1ccc(-c2ccc(-c3ccc4nc(NC5CCC5)[nH]c4c3)nc2)cc1. The minimum Gasteiger partial charge on any atom is -0.353 e. The molecule has 0 bridgehead atoms. The summed E-state index contributed by atoms with van der Waals surface area (Å²) in [4.78, 5) is 12.7. The highest BCUT2D eigenvalue weighted by Crippen LogP contribution is 2.27. The van der Waals surface area contributed by atoms with Crippen LogP contribution in [0.5, 0.6) is 0 Å². The van der Waals surface area contributed by atoms with Gasteiger partial charge in [0.15, 0.2) is 0 Å². The molecule has 5 heteroatoms. The standard InChI is InChI=1S/C22H19ClN4/c23-17-8-4-14(5-9-17)16-7-10-19(24-13-16)15-6-11-20-21(12-15)27-22(26-20)25-18-2-1-3-18/h4-13,18H,1-3H2,(H2,25,26,27). The molecule has 27 heavy (non-hydrogen) atoms. The van der Waals surface area contributed by atoms with Crippen LogP contribution in [0.15, 0.2) is 60.8 Å². The zero-order valence-corrected chi connectivity index (χ0v) is 15.5. The van der Waals surface area contributed by atoms with Gasteiger partial charge in [-0.25, -0.2) is 4.98 Å². The van der Waals surface area contributed by atoms with Crippen molar-refractivity contribution in [2.45, 2.75) is 25.3 Å². The zero-order valence-electron chi connectivity index (χ0n) is 14.7. The highest BCUT2D eigenvalue weighted by molar-refractivity contribution is 6.30. The van der Waals surface area contributed by atoms with Gasteiger partial charge in [0.1, 0.15) is 0 Å². The van der Waals surface area contributed by atoms with Crippen LogP contribution >= 0.6 is 11.6 Å². The molecule has 0 spiro atoms. The molecule has 1 aliphatic rings. The molecule has 1 fully saturated rings. The fourth-order valence-electron chi connectivity index (χ4n) is 3.36. The number of rotatable bonds is 4. The van der Waals surface area contributed by atoms with Crippen molar-refractivity contribution in [1.29, 1.82) is 0 Å². The molecular weight excluding hydrogens is 356 g/mol. The van der Waals surface area contributed by atoms with Crippen molar-refractivity contribution in [3.63, 3.8) is 0 Å². The van der Waals surface area contributed by atoms with Gasteiger partial charge in [-0.1, -0.05) is 35.9 Å². The number of nitrogens with zero attached hydrogens (tertiary/aromatic N) is 2. The lowest BCUT2D eigenvalue weighted by Gasteiger charge is -2.25. The Morgan fingerprint density at radius 3 is 2.41 bits per heavy atom. The van der Waals surface area contributed by atoms with Gasteiger partial charge >= 0.3 is 0 Å². The van der Waals surface area contributed by atoms with Crippen molar-refractivity contribution in [1.82, 2.24) is 15.0 Å². The molecule has 0 atom stereocenters. The van der Waals surface area contributed by atoms with Crippen LogP contribution in [0.3, 0.4) is 0 Å². The Bertz CT molecular complexity index is 1080. The van der Waals surface area contributed by atoms with Gasteiger partial charge in [-0.15, -0.1) is 0 Å². The Morgan fingerprint density at radius 1 is 0.926 bits per heavy atom. The van der Waals surface area contributed by atoms with Gasteiger partial charge in [-0.2, -0.15) is 0 Å². The van der Waals surface area contributed by atoms with Crippen LogP contribution in [0.4, 0.5) is 5.95 Å². The van der Waals surface area contributed by atoms with E-state index in [1.807, 2.05) is 36.5 Å². The highest BCUT2D eigenvalue weighted by Gasteiger charge is 2.18. The molecule has 2 heterocycles. The van der Waals surface area contributed by atoms with Crippen molar-refractivity contribution in [3.8, 4) is 22.4 Å². The van der Waals surface area contributed by atoms with Crippen LogP contribution in [0.1, 0.15) is 19.3 Å². The molecule has 1 saturated carbocycles. The van der Waals surface area contributed by atoms with Crippen molar-refractivity contribution >= 4 is 28.6 Å². The average Bonchev–Trinajstić information content (AvgIpc) is 3.07. The molecule has 2 aromatic heterocycles. The van der Waals surface area contributed by atoms with Gasteiger partial charge in [0.2, 0.25) is 5.95 Å². The Balaban J connectivity index is 1.41. The van der Waals surface area contributed by atoms with E-state index in [1.165, 1.54) is 19.3 Å². The zero-order chi connectivity index (χ0) is 18.2. The van der Waals surface area contributed by atoms with Gasteiger partial charge in [-0.3, -0.25) is 4.98 Å². The fourth-order valence-corrected chi connectivity index (χ4v) is 3.49. The molecule has 2 aromatic carbocycles. The van der Waals surface area contributed by atoms with E-state index in [1.54, 1.807) is 0 Å². The summed E-state index contributed by atoms with van der Waals surface area (Å²) < 4.78 is 0. The summed E-state index contributed by atoms with van der Waals surface area (Å²) in [7, 11) is 0. The number of halogens is 1. The van der Waals surface area contributed by atoms with E-state index in [0.29, 0.717) is 6.04 Å². The Labute approximate surface area is 162 Å². The summed E-state index contributed by atoms with van der Waals surface area (Å²) in [6.07, 6.45) is 5.66. The second kappa shape index (κ2) is 6.71. The third-order valence-corrected chi connectivity index (χ3v) is 5.42. The van der Waals surface area contributed by atoms with Crippen LogP contribution in [-0.2, 0) is 0 Å². The molecule has 5 rings (SSSR count). The Morgan fingerprint density at radius 2 is 1.70 bits per heavy atom. The average molecular weight is 375 g/mol. The topological polar surface area (TPSA) is 53.6 Å². The smallest absolute Gasteiger partial charge is 0.201 e. The lowest BCUT2D eigenvalue weighted by atomic mass is 9.93. The third kappa shape index (κ3) is 3.28. The molecule has 134 valence electrons. The number of H-pyrrole nitrogens is 1. The monoisotopic (exact) mass is 374 g/mol. The van der Waals surface area contributed by atoms with Gasteiger partial charge in [0.05, 0.1) is 16.7 Å². The molecule has 4 aromatic rings. The maximum absolute atomic E-state index is 5.96. The van der Waals surface area contributed by atoms with Crippen molar-refractivity contribution < 1.29 is 0 Å². The Kier molecular flexibility index (Phi) is 4.06. The summed E-state index contributed by atoms with van der Waals surface area (Å²) in [5.41, 5.74) is 6.19. The number of hydrogen-bond acceptors (Lipinski definition) is 3. The molecule has 0 amide bonds. The van der Waals surface area contributed by atoms with Gasteiger partial charge in [-0.05, 0) is 55.2 Å². The maximum Gasteiger partial charge on any atom is 0.201 e. The molecule has 0 unspecified atom stereocenters. The first-order valence-electron chi connectivity index (χ1n) is 9.23. The van der Waals surface area contributed by atoms with E-state index in [4.69, 9.17) is 11.6 Å². The van der Waals surface area contributed by atoms with Crippen LogP contribution < -0.4 is 5.32 Å². The molecule has 2 N–H and O–H groups in total. The lowest BCUT2D eigenvalue weighted by Crippen LogP contribution is -2.27. The summed E-state index contributed by atoms with van der Waals surface area (Å²) in [6, 6.07) is 18.7. The quantitative estimate of drug-likeness (QED) is 0.467. The van der Waals surface area contributed by atoms with Crippen LogP contribution in [0.2, 0.25) is 5.02 Å². The number of aromatic amines is 1. The molecular formula is C22H19ClN4. The minimum atomic E-state index is 0.562. The van der Waals surface area contributed by atoms with E-state index in [2.05, 4.69) is 44.5 Å². The first-order valence-corrected chi connectivity index (χ1v) is 9.61. The predicted octanol–water partition coefficient (Wildman–Crippen LogP) is 5.91. The fraction of sp³-hybridized carbons (Fsp3) is 0.182. The second-order valence-corrected chi connectivity index (χ2v) is 7.46. The maximum atomic E-state index is 5.96. The number of fused-ring (bicyclic) bond motifs is 1. The first kappa shape index (κ1) is 16.3. The predicted molar refractivity (Wildman–Crippen MR) is 111 cm³/mol. The summed E-state index contributed by atoms with van der Waals surface area (Å²) >= 11 is 5.96. The second-order valence-electron chi connectivity index (χ2n) is 7.03. The number of imidazole rings is 1. The van der Waals surface area contributed by atoms with E-state index >= 15 is 0 Å². The van der Waals surface area contributed by atoms with Gasteiger partial charge < -0.3 is 10.3 Å². The van der Waals surface area contributed by atoms with Crippen molar-refractivity contribution in [3.05, 3.63) is 65.8 Å². The molecule has 0 saturated heterocycles. The van der Waals surface area contributed by atoms with Crippen molar-refractivity contribution in [2.24, 2.45) is 0 Å². The number of benzene rings is 2. The van der Waals surface area contributed by atoms with E-state index in [0.717, 1.165) is 44.4 Å². The van der Waals surface area contributed by atoms with Gasteiger partial charge in [0, 0.05) is 28.4 Å². The number of aromatic nitrogens is 3. The Hall–Kier alpha value is -2.85. The molecule has 0 aliphatic heterocycles. The minimum absolute atomic E-state index is 0.562. The highest BCUT2D eigenvalue weighted by atomic mass is 35.5. The van der Waals surface area contributed by atoms with E-state index < -0.39 is 0 Å². The number of anilines is 1. The molecule has 0 radical (unpaired) electrons. The lowest BCUT2D eigenvalue weighted by molar-refractivity contribution is 0.443. The number of hydrogen-bond donors (Lipinski definition) is 2. The van der Waals surface area contributed by atoms with Crippen LogP contribution in [0, 0.1) is 0 Å². The third-order valence-electron chi connectivity index (χ3n) is 5.16. The molecule has 1 aliphatic carbocycles. The molecule has 4 nitrogen and oxygen atoms in total.